The van der Waals surface area contributed by atoms with Crippen molar-refractivity contribution in [1.82, 2.24) is 34.2 Å². The van der Waals surface area contributed by atoms with Gasteiger partial charge in [-0.1, -0.05) is 19.6 Å². The summed E-state index contributed by atoms with van der Waals surface area (Å²) in [4.78, 5) is 28.2. The minimum Gasteiger partial charge on any atom is -0.473 e. The number of aromatic nitrogens is 6. The van der Waals surface area contributed by atoms with Crippen LogP contribution in [0, 0.1) is 0 Å². The van der Waals surface area contributed by atoms with E-state index in [0.29, 0.717) is 62.9 Å². The largest absolute Gasteiger partial charge is 0.473 e. The highest BCUT2D eigenvalue weighted by Gasteiger charge is 2.28. The molecule has 3 aromatic rings. The fourth-order valence-corrected chi connectivity index (χ4v) is 5.01. The summed E-state index contributed by atoms with van der Waals surface area (Å²) in [5, 5.41) is 4.34. The molecule has 1 amide bonds. The molecular formula is C26H41N7O4Si. The Morgan fingerprint density at radius 1 is 1.16 bits per heavy atom. The zero-order chi connectivity index (χ0) is 27.5. The molecule has 3 aromatic heterocycles. The number of hydrogen-bond donors (Lipinski definition) is 0. The van der Waals surface area contributed by atoms with Crippen LogP contribution >= 0.6 is 0 Å². The number of carbonyl (C=O) groups is 1. The highest BCUT2D eigenvalue weighted by Crippen LogP contribution is 2.29. The van der Waals surface area contributed by atoms with Gasteiger partial charge in [-0.2, -0.15) is 5.10 Å². The quantitative estimate of drug-likeness (QED) is 0.280. The van der Waals surface area contributed by atoms with Gasteiger partial charge in [-0.3, -0.25) is 0 Å². The molecular weight excluding hydrogens is 502 g/mol. The molecule has 1 aliphatic heterocycles. The summed E-state index contributed by atoms with van der Waals surface area (Å²) in [5.41, 5.74) is 1.74. The zero-order valence-electron chi connectivity index (χ0n) is 23.7. The van der Waals surface area contributed by atoms with E-state index in [-0.39, 0.29) is 12.2 Å². The molecule has 0 N–H and O–H groups in total. The van der Waals surface area contributed by atoms with Gasteiger partial charge in [-0.15, -0.1) is 0 Å². The molecule has 0 aliphatic carbocycles. The highest BCUT2D eigenvalue weighted by atomic mass is 28.3. The zero-order valence-corrected chi connectivity index (χ0v) is 24.7. The first-order valence-corrected chi connectivity index (χ1v) is 17.1. The van der Waals surface area contributed by atoms with E-state index in [1.54, 1.807) is 17.4 Å². The van der Waals surface area contributed by atoms with Crippen molar-refractivity contribution in [3.8, 4) is 17.3 Å². The van der Waals surface area contributed by atoms with Crippen molar-refractivity contribution in [2.45, 2.75) is 91.2 Å². The van der Waals surface area contributed by atoms with Gasteiger partial charge in [0.25, 0.3) is 0 Å². The van der Waals surface area contributed by atoms with Crippen molar-refractivity contribution in [1.29, 1.82) is 0 Å². The van der Waals surface area contributed by atoms with Crippen LogP contribution in [0.4, 0.5) is 4.79 Å². The molecule has 0 radical (unpaired) electrons. The number of nitrogens with zero attached hydrogens (tertiary/aromatic N) is 7. The predicted molar refractivity (Wildman–Crippen MR) is 148 cm³/mol. The lowest BCUT2D eigenvalue weighted by Gasteiger charge is -2.33. The molecule has 1 fully saturated rings. The molecule has 0 saturated carbocycles. The molecule has 0 unspecified atom stereocenters. The second kappa shape index (κ2) is 11.4. The summed E-state index contributed by atoms with van der Waals surface area (Å²) in [6, 6.07) is 1.10. The first-order chi connectivity index (χ1) is 17.9. The molecule has 4 rings (SSSR count). The second-order valence-corrected chi connectivity index (χ2v) is 17.5. The van der Waals surface area contributed by atoms with Crippen molar-refractivity contribution >= 4 is 25.3 Å². The van der Waals surface area contributed by atoms with Gasteiger partial charge < -0.3 is 23.7 Å². The molecule has 12 heteroatoms. The van der Waals surface area contributed by atoms with Gasteiger partial charge in [0.2, 0.25) is 5.88 Å². The first-order valence-electron chi connectivity index (χ1n) is 13.4. The Labute approximate surface area is 225 Å². The van der Waals surface area contributed by atoms with Crippen molar-refractivity contribution in [2.24, 2.45) is 0 Å². The van der Waals surface area contributed by atoms with E-state index in [2.05, 4.69) is 29.7 Å². The van der Waals surface area contributed by atoms with Gasteiger partial charge in [0, 0.05) is 53.4 Å². The molecule has 0 bridgehead atoms. The number of ether oxygens (including phenoxy) is 3. The van der Waals surface area contributed by atoms with Crippen LogP contribution in [0.15, 0.2) is 18.7 Å². The smallest absolute Gasteiger partial charge is 0.410 e. The average molecular weight is 544 g/mol. The van der Waals surface area contributed by atoms with Gasteiger partial charge in [0.05, 0.1) is 11.8 Å². The Bertz CT molecular complexity index is 1240. The van der Waals surface area contributed by atoms with E-state index in [1.165, 1.54) is 0 Å². The topological polar surface area (TPSA) is 109 Å². The maximum Gasteiger partial charge on any atom is 0.410 e. The number of amides is 1. The Morgan fingerprint density at radius 3 is 2.55 bits per heavy atom. The predicted octanol–water partition coefficient (Wildman–Crippen LogP) is 4.80. The summed E-state index contributed by atoms with van der Waals surface area (Å²) in [5.74, 6) is 1.19. The van der Waals surface area contributed by atoms with E-state index in [0.717, 1.165) is 17.4 Å². The summed E-state index contributed by atoms with van der Waals surface area (Å²) >= 11 is 0. The van der Waals surface area contributed by atoms with Gasteiger partial charge >= 0.3 is 6.09 Å². The lowest BCUT2D eigenvalue weighted by Crippen LogP contribution is -2.44. The van der Waals surface area contributed by atoms with Crippen LogP contribution < -0.4 is 4.74 Å². The Morgan fingerprint density at radius 2 is 1.89 bits per heavy atom. The van der Waals surface area contributed by atoms with Crippen molar-refractivity contribution in [3.05, 3.63) is 18.7 Å². The van der Waals surface area contributed by atoms with Crippen molar-refractivity contribution < 1.29 is 19.0 Å². The third-order valence-corrected chi connectivity index (χ3v) is 8.01. The van der Waals surface area contributed by atoms with E-state index in [9.17, 15) is 4.79 Å². The molecule has 1 aliphatic rings. The lowest BCUT2D eigenvalue weighted by atomic mass is 10.1. The molecule has 38 heavy (non-hydrogen) atoms. The lowest BCUT2D eigenvalue weighted by molar-refractivity contribution is 0.0123. The van der Waals surface area contributed by atoms with Crippen LogP contribution in [0.5, 0.6) is 5.88 Å². The van der Waals surface area contributed by atoms with E-state index in [1.807, 2.05) is 43.1 Å². The molecule has 11 nitrogen and oxygen atoms in total. The fraction of sp³-hybridized carbons (Fsp3) is 0.654. The number of rotatable bonds is 9. The van der Waals surface area contributed by atoms with Crippen LogP contribution in [0.3, 0.4) is 0 Å². The van der Waals surface area contributed by atoms with Gasteiger partial charge in [0.15, 0.2) is 11.5 Å². The van der Waals surface area contributed by atoms with Gasteiger partial charge in [-0.05, 0) is 33.7 Å². The van der Waals surface area contributed by atoms with Crippen LogP contribution in [0.25, 0.3) is 22.6 Å². The van der Waals surface area contributed by atoms with E-state index < -0.39 is 13.7 Å². The summed E-state index contributed by atoms with van der Waals surface area (Å²) in [6.45, 7) is 17.6. The number of piperidine rings is 1. The number of aryl methyl sites for hydroxylation is 1. The SMILES string of the molecule is CCn1ncnc1-c1cn(COCC[Si](C)(C)C)c2ncc(OC3CCN(C(=O)OC(C)(C)C)CC3)nc12. The summed E-state index contributed by atoms with van der Waals surface area (Å²) < 4.78 is 21.6. The maximum absolute atomic E-state index is 12.4. The van der Waals surface area contributed by atoms with Gasteiger partial charge in [-0.25, -0.2) is 24.4 Å². The van der Waals surface area contributed by atoms with Gasteiger partial charge in [0.1, 0.15) is 30.3 Å². The Kier molecular flexibility index (Phi) is 8.41. The third kappa shape index (κ3) is 7.10. The molecule has 0 atom stereocenters. The molecule has 0 aromatic carbocycles. The Hall–Kier alpha value is -2.99. The first kappa shape index (κ1) is 28.0. The highest BCUT2D eigenvalue weighted by molar-refractivity contribution is 6.76. The number of hydrogen-bond acceptors (Lipinski definition) is 8. The van der Waals surface area contributed by atoms with Crippen LogP contribution in [-0.2, 0) is 22.7 Å². The molecule has 1 saturated heterocycles. The normalized spacial score (nSPS) is 15.3. The minimum absolute atomic E-state index is 0.0600. The van der Waals surface area contributed by atoms with E-state index in [4.69, 9.17) is 24.2 Å². The monoisotopic (exact) mass is 543 g/mol. The molecule has 208 valence electrons. The average Bonchev–Trinajstić information content (AvgIpc) is 3.44. The van der Waals surface area contributed by atoms with Crippen LogP contribution in [0.1, 0.15) is 40.5 Å². The van der Waals surface area contributed by atoms with Crippen molar-refractivity contribution in [2.75, 3.05) is 19.7 Å². The number of likely N-dealkylation sites (tertiary alicyclic amines) is 1. The third-order valence-electron chi connectivity index (χ3n) is 6.31. The summed E-state index contributed by atoms with van der Waals surface area (Å²) in [6.07, 6.45) is 6.25. The van der Waals surface area contributed by atoms with Crippen LogP contribution in [-0.4, -0.2) is 79.8 Å². The fourth-order valence-electron chi connectivity index (χ4n) is 4.25. The summed E-state index contributed by atoms with van der Waals surface area (Å²) in [7, 11) is -1.18. The Balaban J connectivity index is 1.50. The standard InChI is InChI=1S/C26H41N7O4Si/c1-8-33-23(28-17-29-33)20-16-32(18-35-13-14-38(5,6)7)24-22(20)30-21(15-27-24)36-19-9-11-31(12-10-19)25(34)37-26(2,3)4/h15-17,19H,8-14,18H2,1-7H3. The molecule has 4 heterocycles. The number of fused-ring (bicyclic) bond motifs is 1. The second-order valence-electron chi connectivity index (χ2n) is 11.9. The maximum atomic E-state index is 12.4. The van der Waals surface area contributed by atoms with Crippen molar-refractivity contribution in [3.63, 3.8) is 0 Å². The molecule has 0 spiro atoms. The van der Waals surface area contributed by atoms with Crippen LogP contribution in [0.2, 0.25) is 25.7 Å². The number of carbonyl (C=O) groups excluding carboxylic acids is 1. The minimum atomic E-state index is -1.18. The van der Waals surface area contributed by atoms with E-state index >= 15 is 0 Å².